The highest BCUT2D eigenvalue weighted by atomic mass is 19.1. The van der Waals surface area contributed by atoms with E-state index in [1.165, 1.54) is 23.0 Å². The number of fused-ring (bicyclic) bond motifs is 1. The van der Waals surface area contributed by atoms with Crippen LogP contribution in [-0.4, -0.2) is 15.5 Å². The first-order valence-corrected chi connectivity index (χ1v) is 8.46. The number of carbonyl (C=O) groups excluding carboxylic acids is 1. The second kappa shape index (κ2) is 7.47. The van der Waals surface area contributed by atoms with Crippen LogP contribution in [0.1, 0.15) is 24.0 Å². The fourth-order valence-electron chi connectivity index (χ4n) is 2.85. The predicted molar refractivity (Wildman–Crippen MR) is 99.7 cm³/mol. The lowest BCUT2D eigenvalue weighted by Crippen LogP contribution is -2.22. The summed E-state index contributed by atoms with van der Waals surface area (Å²) in [6, 6.07) is 9.78. The number of aryl methyl sites for hydroxylation is 3. The van der Waals surface area contributed by atoms with Gasteiger partial charge in [0.2, 0.25) is 5.91 Å². The minimum Gasteiger partial charge on any atom is -0.326 e. The maximum atomic E-state index is 13.3. The van der Waals surface area contributed by atoms with Crippen molar-refractivity contribution in [2.24, 2.45) is 0 Å². The number of amides is 1. The summed E-state index contributed by atoms with van der Waals surface area (Å²) in [5, 5.41) is 3.28. The Hall–Kier alpha value is -3.02. The average molecular weight is 353 g/mol. The fourth-order valence-corrected chi connectivity index (χ4v) is 2.85. The van der Waals surface area contributed by atoms with Crippen molar-refractivity contribution >= 4 is 22.5 Å². The SMILES string of the molecule is Cc1ccc(F)cc1NC(=O)CCCn1cnc2c(C)cccc2c1=O. The van der Waals surface area contributed by atoms with Gasteiger partial charge in [0.15, 0.2) is 0 Å². The Morgan fingerprint density at radius 3 is 2.81 bits per heavy atom. The molecular weight excluding hydrogens is 333 g/mol. The lowest BCUT2D eigenvalue weighted by molar-refractivity contribution is -0.116. The molecule has 0 saturated carbocycles. The van der Waals surface area contributed by atoms with Gasteiger partial charge in [0, 0.05) is 18.7 Å². The zero-order chi connectivity index (χ0) is 18.7. The van der Waals surface area contributed by atoms with Gasteiger partial charge in [-0.2, -0.15) is 0 Å². The molecule has 0 saturated heterocycles. The summed E-state index contributed by atoms with van der Waals surface area (Å²) in [5.41, 5.74) is 2.81. The lowest BCUT2D eigenvalue weighted by Gasteiger charge is -2.10. The van der Waals surface area contributed by atoms with E-state index in [0.29, 0.717) is 29.6 Å². The number of rotatable bonds is 5. The molecule has 1 amide bonds. The van der Waals surface area contributed by atoms with E-state index in [1.54, 1.807) is 19.1 Å². The van der Waals surface area contributed by atoms with Crippen molar-refractivity contribution in [3.8, 4) is 0 Å². The Morgan fingerprint density at radius 1 is 1.19 bits per heavy atom. The lowest BCUT2D eigenvalue weighted by atomic mass is 10.1. The van der Waals surface area contributed by atoms with E-state index in [9.17, 15) is 14.0 Å². The van der Waals surface area contributed by atoms with Crippen LogP contribution in [0.15, 0.2) is 47.5 Å². The summed E-state index contributed by atoms with van der Waals surface area (Å²) < 4.78 is 14.8. The number of benzene rings is 2. The third-order valence-electron chi connectivity index (χ3n) is 4.33. The zero-order valence-electron chi connectivity index (χ0n) is 14.8. The molecule has 5 nitrogen and oxygen atoms in total. The maximum Gasteiger partial charge on any atom is 0.261 e. The van der Waals surface area contributed by atoms with E-state index in [4.69, 9.17) is 0 Å². The van der Waals surface area contributed by atoms with Crippen LogP contribution in [0.3, 0.4) is 0 Å². The number of nitrogens with one attached hydrogen (secondary N) is 1. The Labute approximate surface area is 150 Å². The molecule has 0 fully saturated rings. The van der Waals surface area contributed by atoms with Crippen LogP contribution in [-0.2, 0) is 11.3 Å². The van der Waals surface area contributed by atoms with Crippen LogP contribution in [0.25, 0.3) is 10.9 Å². The highest BCUT2D eigenvalue weighted by Gasteiger charge is 2.08. The minimum absolute atomic E-state index is 0.111. The van der Waals surface area contributed by atoms with Crippen molar-refractivity contribution in [1.82, 2.24) is 9.55 Å². The number of halogens is 1. The zero-order valence-corrected chi connectivity index (χ0v) is 14.8. The van der Waals surface area contributed by atoms with Crippen molar-refractivity contribution in [3.05, 3.63) is 70.0 Å². The molecule has 6 heteroatoms. The van der Waals surface area contributed by atoms with Gasteiger partial charge in [-0.3, -0.25) is 14.2 Å². The molecule has 1 aromatic heterocycles. The minimum atomic E-state index is -0.394. The average Bonchev–Trinajstić information content (AvgIpc) is 2.61. The highest BCUT2D eigenvalue weighted by Crippen LogP contribution is 2.16. The molecule has 3 aromatic rings. The molecule has 1 N–H and O–H groups in total. The summed E-state index contributed by atoms with van der Waals surface area (Å²) in [6.07, 6.45) is 2.24. The Bertz CT molecular complexity index is 1030. The fraction of sp³-hybridized carbons (Fsp3) is 0.250. The van der Waals surface area contributed by atoms with Crippen LogP contribution in [0.5, 0.6) is 0 Å². The van der Waals surface area contributed by atoms with Gasteiger partial charge in [-0.1, -0.05) is 18.2 Å². The Morgan fingerprint density at radius 2 is 2.00 bits per heavy atom. The van der Waals surface area contributed by atoms with E-state index >= 15 is 0 Å². The summed E-state index contributed by atoms with van der Waals surface area (Å²) in [4.78, 5) is 28.9. The third-order valence-corrected chi connectivity index (χ3v) is 4.33. The van der Waals surface area contributed by atoms with Gasteiger partial charge in [0.1, 0.15) is 5.82 Å². The van der Waals surface area contributed by atoms with Gasteiger partial charge in [-0.25, -0.2) is 9.37 Å². The number of hydrogen-bond donors (Lipinski definition) is 1. The molecule has 1 heterocycles. The third kappa shape index (κ3) is 3.79. The van der Waals surface area contributed by atoms with E-state index in [1.807, 2.05) is 19.1 Å². The molecule has 0 spiro atoms. The second-order valence-electron chi connectivity index (χ2n) is 6.33. The Kier molecular flexibility index (Phi) is 5.11. The highest BCUT2D eigenvalue weighted by molar-refractivity contribution is 5.91. The van der Waals surface area contributed by atoms with E-state index in [0.717, 1.165) is 11.1 Å². The molecule has 0 aliphatic carbocycles. The first-order valence-electron chi connectivity index (χ1n) is 8.46. The quantitative estimate of drug-likeness (QED) is 0.763. The number of para-hydroxylation sites is 1. The van der Waals surface area contributed by atoms with Crippen molar-refractivity contribution < 1.29 is 9.18 Å². The number of hydrogen-bond acceptors (Lipinski definition) is 3. The van der Waals surface area contributed by atoms with E-state index < -0.39 is 5.82 Å². The molecule has 0 unspecified atom stereocenters. The van der Waals surface area contributed by atoms with Crippen molar-refractivity contribution in [2.45, 2.75) is 33.2 Å². The van der Waals surface area contributed by atoms with Crippen LogP contribution in [0.2, 0.25) is 0 Å². The van der Waals surface area contributed by atoms with Gasteiger partial charge < -0.3 is 5.32 Å². The number of anilines is 1. The van der Waals surface area contributed by atoms with Crippen molar-refractivity contribution in [2.75, 3.05) is 5.32 Å². The van der Waals surface area contributed by atoms with Gasteiger partial charge in [-0.15, -0.1) is 0 Å². The van der Waals surface area contributed by atoms with Crippen LogP contribution < -0.4 is 10.9 Å². The Balaban J connectivity index is 1.64. The summed E-state index contributed by atoms with van der Waals surface area (Å²) >= 11 is 0. The summed E-state index contributed by atoms with van der Waals surface area (Å²) in [7, 11) is 0. The molecule has 0 radical (unpaired) electrons. The van der Waals surface area contributed by atoms with E-state index in [-0.39, 0.29) is 17.9 Å². The molecule has 134 valence electrons. The largest absolute Gasteiger partial charge is 0.326 e. The molecule has 0 atom stereocenters. The predicted octanol–water partition coefficient (Wildman–Crippen LogP) is 3.57. The molecule has 0 aliphatic rings. The number of nitrogens with zero attached hydrogens (tertiary/aromatic N) is 2. The number of aromatic nitrogens is 2. The molecular formula is C20H20FN3O2. The molecule has 3 rings (SSSR count). The molecule has 0 aliphatic heterocycles. The van der Waals surface area contributed by atoms with Gasteiger partial charge in [-0.05, 0) is 49.6 Å². The maximum absolute atomic E-state index is 13.3. The smallest absolute Gasteiger partial charge is 0.261 e. The molecule has 2 aromatic carbocycles. The number of carbonyl (C=O) groups is 1. The van der Waals surface area contributed by atoms with Gasteiger partial charge in [0.25, 0.3) is 5.56 Å². The summed E-state index contributed by atoms with van der Waals surface area (Å²) in [6.45, 7) is 4.11. The summed E-state index contributed by atoms with van der Waals surface area (Å²) in [5.74, 6) is -0.605. The van der Waals surface area contributed by atoms with Gasteiger partial charge in [0.05, 0.1) is 17.2 Å². The van der Waals surface area contributed by atoms with Crippen LogP contribution in [0, 0.1) is 19.7 Å². The van der Waals surface area contributed by atoms with E-state index in [2.05, 4.69) is 10.3 Å². The molecule has 26 heavy (non-hydrogen) atoms. The van der Waals surface area contributed by atoms with Crippen LogP contribution >= 0.6 is 0 Å². The first kappa shape index (κ1) is 17.8. The topological polar surface area (TPSA) is 64.0 Å². The van der Waals surface area contributed by atoms with Crippen molar-refractivity contribution in [3.63, 3.8) is 0 Å². The van der Waals surface area contributed by atoms with Crippen LogP contribution in [0.4, 0.5) is 10.1 Å². The monoisotopic (exact) mass is 353 g/mol. The standard InChI is InChI=1S/C20H20FN3O2/c1-13-8-9-15(21)11-17(13)23-18(25)7-4-10-24-12-22-19-14(2)5-3-6-16(19)20(24)26/h3,5-6,8-9,11-12H,4,7,10H2,1-2H3,(H,23,25). The molecule has 0 bridgehead atoms. The van der Waals surface area contributed by atoms with Crippen molar-refractivity contribution in [1.29, 1.82) is 0 Å². The second-order valence-corrected chi connectivity index (χ2v) is 6.33. The normalized spacial score (nSPS) is 10.9. The van der Waals surface area contributed by atoms with Gasteiger partial charge >= 0.3 is 0 Å². The first-order chi connectivity index (χ1) is 12.5.